The fourth-order valence-electron chi connectivity index (χ4n) is 3.12. The van der Waals surface area contributed by atoms with Crippen LogP contribution < -0.4 is 5.32 Å². The Kier molecular flexibility index (Phi) is 7.12. The fourth-order valence-corrected chi connectivity index (χ4v) is 3.72. The van der Waals surface area contributed by atoms with Gasteiger partial charge in [0.25, 0.3) is 0 Å². The van der Waals surface area contributed by atoms with Gasteiger partial charge in [-0.05, 0) is 13.3 Å². The van der Waals surface area contributed by atoms with Gasteiger partial charge < -0.3 is 19.9 Å². The highest BCUT2D eigenvalue weighted by Gasteiger charge is 2.27. The third-order valence-electron chi connectivity index (χ3n) is 4.47. The van der Waals surface area contributed by atoms with Crippen molar-refractivity contribution >= 4 is 29.1 Å². The summed E-state index contributed by atoms with van der Waals surface area (Å²) in [5.41, 5.74) is 1.26. The Morgan fingerprint density at radius 1 is 1.50 bits per heavy atom. The highest BCUT2D eigenvalue weighted by molar-refractivity contribution is 7.11. The van der Waals surface area contributed by atoms with Crippen molar-refractivity contribution in [3.8, 4) is 0 Å². The topological polar surface area (TPSA) is 113 Å². The first-order chi connectivity index (χ1) is 13.6. The largest absolute Gasteiger partial charge is 0.481 e. The first kappa shape index (κ1) is 20.4. The highest BCUT2D eigenvalue weighted by Crippen LogP contribution is 2.18. The molecule has 28 heavy (non-hydrogen) atoms. The Bertz CT molecular complexity index is 762. The van der Waals surface area contributed by atoms with E-state index in [0.717, 1.165) is 10.7 Å². The number of ether oxygens (including phenoxy) is 2. The van der Waals surface area contributed by atoms with Crippen LogP contribution in [-0.2, 0) is 19.1 Å². The smallest absolute Gasteiger partial charge is 0.337 e. The number of rotatable bonds is 8. The third-order valence-corrected chi connectivity index (χ3v) is 5.25. The molecule has 0 aromatic carbocycles. The van der Waals surface area contributed by atoms with Gasteiger partial charge >= 0.3 is 11.9 Å². The van der Waals surface area contributed by atoms with Crippen LogP contribution in [0.5, 0.6) is 0 Å². The molecule has 1 aromatic rings. The Hall–Kier alpha value is -2.30. The van der Waals surface area contributed by atoms with E-state index in [4.69, 9.17) is 14.6 Å². The molecule has 3 heterocycles. The first-order valence-corrected chi connectivity index (χ1v) is 10.1. The lowest BCUT2D eigenvalue weighted by atomic mass is 10.1. The summed E-state index contributed by atoms with van der Waals surface area (Å²) < 4.78 is 10.9. The molecule has 0 radical (unpaired) electrons. The Balaban J connectivity index is 1.70. The quantitative estimate of drug-likeness (QED) is 0.610. The molecule has 0 spiro atoms. The maximum atomic E-state index is 12.4. The van der Waals surface area contributed by atoms with Gasteiger partial charge in [0.05, 0.1) is 31.4 Å². The van der Waals surface area contributed by atoms with Crippen molar-refractivity contribution in [2.75, 3.05) is 39.4 Å². The van der Waals surface area contributed by atoms with Gasteiger partial charge in [0.15, 0.2) is 10.8 Å². The number of carbonyl (C=O) groups is 2. The zero-order valence-electron chi connectivity index (χ0n) is 15.7. The van der Waals surface area contributed by atoms with Gasteiger partial charge in [-0.3, -0.25) is 14.7 Å². The molecule has 0 saturated carbocycles. The monoisotopic (exact) mass is 408 g/mol. The molecule has 152 valence electrons. The van der Waals surface area contributed by atoms with Crippen LogP contribution >= 0.6 is 11.3 Å². The summed E-state index contributed by atoms with van der Waals surface area (Å²) in [5, 5.41) is 14.8. The van der Waals surface area contributed by atoms with Crippen LogP contribution in [-0.4, -0.2) is 78.3 Å². The van der Waals surface area contributed by atoms with Gasteiger partial charge in [0.1, 0.15) is 0 Å². The van der Waals surface area contributed by atoms with Crippen LogP contribution in [0.1, 0.15) is 24.8 Å². The molecule has 3 rings (SSSR count). The summed E-state index contributed by atoms with van der Waals surface area (Å²) in [6, 6.07) is 0. The summed E-state index contributed by atoms with van der Waals surface area (Å²) in [4.78, 5) is 34.1. The van der Waals surface area contributed by atoms with E-state index in [-0.39, 0.29) is 25.0 Å². The summed E-state index contributed by atoms with van der Waals surface area (Å²) >= 11 is 1.47. The molecule has 0 amide bonds. The van der Waals surface area contributed by atoms with Crippen molar-refractivity contribution in [3.63, 3.8) is 0 Å². The van der Waals surface area contributed by atoms with Gasteiger partial charge in [0.2, 0.25) is 0 Å². The van der Waals surface area contributed by atoms with Gasteiger partial charge in [-0.1, -0.05) is 0 Å². The molecule has 0 unspecified atom stereocenters. The second kappa shape index (κ2) is 9.76. The Morgan fingerprint density at radius 3 is 3.07 bits per heavy atom. The van der Waals surface area contributed by atoms with E-state index in [9.17, 15) is 9.59 Å². The van der Waals surface area contributed by atoms with E-state index in [0.29, 0.717) is 50.7 Å². The van der Waals surface area contributed by atoms with Crippen LogP contribution in [0.2, 0.25) is 0 Å². The minimum atomic E-state index is -0.828. The lowest BCUT2D eigenvalue weighted by Crippen LogP contribution is -2.46. The fraction of sp³-hybridized carbons (Fsp3) is 0.556. The van der Waals surface area contributed by atoms with Crippen molar-refractivity contribution in [1.29, 1.82) is 0 Å². The van der Waals surface area contributed by atoms with Crippen LogP contribution in [0.4, 0.5) is 0 Å². The molecule has 1 aromatic heterocycles. The van der Waals surface area contributed by atoms with Crippen LogP contribution in [0.3, 0.4) is 0 Å². The maximum Gasteiger partial charge on any atom is 0.337 e. The molecule has 10 heteroatoms. The number of thiazole rings is 1. The summed E-state index contributed by atoms with van der Waals surface area (Å²) in [5.74, 6) is -0.553. The molecular weight excluding hydrogens is 384 g/mol. The molecule has 9 nitrogen and oxygen atoms in total. The molecule has 2 aliphatic heterocycles. The number of carbonyl (C=O) groups excluding carboxylic acids is 1. The number of aliphatic carboxylic acids is 1. The van der Waals surface area contributed by atoms with Crippen molar-refractivity contribution < 1.29 is 24.2 Å². The second-order valence-electron chi connectivity index (χ2n) is 6.46. The van der Waals surface area contributed by atoms with E-state index >= 15 is 0 Å². The number of nitrogens with one attached hydrogen (secondary N) is 1. The zero-order chi connectivity index (χ0) is 19.9. The summed E-state index contributed by atoms with van der Waals surface area (Å²) in [6.45, 7) is 4.65. The highest BCUT2D eigenvalue weighted by atomic mass is 32.1. The average Bonchev–Trinajstić information content (AvgIpc) is 3.22. The molecule has 1 atom stereocenters. The molecule has 0 bridgehead atoms. The van der Waals surface area contributed by atoms with E-state index in [1.54, 1.807) is 13.1 Å². The standard InChI is InChI=1S/C18H24N4O5S/c1-2-26-18(25)13-9-20-16(17-19-5-8-28-17)21-14(13)11-22-6-7-27-12(10-22)3-4-15(23)24/h5,8,12H,2-4,6-7,9-11H2,1H3,(H,20,21)(H,23,24)/t12-/m1/s1. The number of amidine groups is 1. The van der Waals surface area contributed by atoms with E-state index < -0.39 is 5.97 Å². The normalized spacial score (nSPS) is 20.5. The van der Waals surface area contributed by atoms with Crippen molar-refractivity contribution in [1.82, 2.24) is 15.2 Å². The maximum absolute atomic E-state index is 12.4. The van der Waals surface area contributed by atoms with E-state index in [1.807, 2.05) is 5.38 Å². The van der Waals surface area contributed by atoms with Crippen LogP contribution in [0, 0.1) is 0 Å². The Labute approximate surface area is 167 Å². The number of carboxylic acids is 1. The third kappa shape index (κ3) is 5.37. The number of hydrogen-bond acceptors (Lipinski definition) is 9. The molecular formula is C18H24N4O5S. The lowest BCUT2D eigenvalue weighted by Gasteiger charge is -2.34. The molecule has 1 fully saturated rings. The van der Waals surface area contributed by atoms with Crippen LogP contribution in [0.25, 0.3) is 0 Å². The number of esters is 1. The van der Waals surface area contributed by atoms with Gasteiger partial charge in [-0.15, -0.1) is 11.3 Å². The minimum absolute atomic E-state index is 0.0778. The SMILES string of the molecule is CCOC(=O)C1=C(CN2CCO[C@H](CCC(=O)O)C2)NC(c2nccs2)=NC1. The molecule has 0 aliphatic carbocycles. The molecule has 2 N–H and O–H groups in total. The first-order valence-electron chi connectivity index (χ1n) is 9.23. The number of nitrogens with zero attached hydrogens (tertiary/aromatic N) is 3. The molecule has 1 saturated heterocycles. The van der Waals surface area contributed by atoms with E-state index in [1.165, 1.54) is 11.3 Å². The predicted octanol–water partition coefficient (Wildman–Crippen LogP) is 0.876. The van der Waals surface area contributed by atoms with Crippen LogP contribution in [0.15, 0.2) is 27.8 Å². The average molecular weight is 408 g/mol. The Morgan fingerprint density at radius 2 is 2.36 bits per heavy atom. The van der Waals surface area contributed by atoms with Gasteiger partial charge in [0, 0.05) is 43.3 Å². The zero-order valence-corrected chi connectivity index (χ0v) is 16.5. The van der Waals surface area contributed by atoms with E-state index in [2.05, 4.69) is 20.2 Å². The number of hydrogen-bond donors (Lipinski definition) is 2. The summed E-state index contributed by atoms with van der Waals surface area (Å²) in [7, 11) is 0. The van der Waals surface area contributed by atoms with Gasteiger partial charge in [-0.2, -0.15) is 0 Å². The number of aliphatic imine (C=N–C) groups is 1. The summed E-state index contributed by atoms with van der Waals surface area (Å²) in [6.07, 6.45) is 2.12. The van der Waals surface area contributed by atoms with Crippen molar-refractivity contribution in [3.05, 3.63) is 27.9 Å². The van der Waals surface area contributed by atoms with Gasteiger partial charge in [-0.25, -0.2) is 9.78 Å². The predicted molar refractivity (Wildman–Crippen MR) is 103 cm³/mol. The van der Waals surface area contributed by atoms with Crippen molar-refractivity contribution in [2.24, 2.45) is 4.99 Å². The number of morpholine rings is 1. The second-order valence-corrected chi connectivity index (χ2v) is 7.36. The minimum Gasteiger partial charge on any atom is -0.481 e. The number of carboxylic acid groups (broad SMARTS) is 1. The van der Waals surface area contributed by atoms with Crippen molar-refractivity contribution in [2.45, 2.75) is 25.9 Å². The molecule has 2 aliphatic rings. The lowest BCUT2D eigenvalue weighted by molar-refractivity contribution is -0.139. The number of aromatic nitrogens is 1.